The van der Waals surface area contributed by atoms with Crippen LogP contribution in [0.3, 0.4) is 0 Å². The molecule has 2 aliphatic carbocycles. The summed E-state index contributed by atoms with van der Waals surface area (Å²) in [5.74, 6) is -0.583. The highest BCUT2D eigenvalue weighted by Gasteiger charge is 2.66. The van der Waals surface area contributed by atoms with Gasteiger partial charge in [-0.05, 0) is 30.4 Å². The van der Waals surface area contributed by atoms with Gasteiger partial charge >= 0.3 is 0 Å². The van der Waals surface area contributed by atoms with E-state index >= 15 is 0 Å². The molecule has 1 aliphatic heterocycles. The molecule has 3 fully saturated rings. The number of amides is 2. The number of non-ortho nitro benzene ring substituents is 1. The largest absolute Gasteiger partial charge is 0.274 e. The van der Waals surface area contributed by atoms with E-state index in [0.717, 1.165) is 6.42 Å². The maximum atomic E-state index is 12.8. The van der Waals surface area contributed by atoms with Gasteiger partial charge in [0.1, 0.15) is 0 Å². The number of hydrogen-bond acceptors (Lipinski definition) is 4. The van der Waals surface area contributed by atoms with Gasteiger partial charge < -0.3 is 0 Å². The number of rotatable bonds is 2. The molecule has 8 heteroatoms. The van der Waals surface area contributed by atoms with Gasteiger partial charge in [0.15, 0.2) is 0 Å². The second-order valence-electron chi connectivity index (χ2n) is 6.29. The molecule has 0 N–H and O–H groups in total. The van der Waals surface area contributed by atoms with Crippen molar-refractivity contribution in [2.24, 2.45) is 23.7 Å². The van der Waals surface area contributed by atoms with E-state index in [4.69, 9.17) is 0 Å². The maximum absolute atomic E-state index is 12.8. The third kappa shape index (κ3) is 1.97. The molecule has 120 valence electrons. The van der Waals surface area contributed by atoms with E-state index in [-0.39, 0.29) is 50.8 Å². The van der Waals surface area contributed by atoms with E-state index in [1.54, 1.807) is 0 Å². The Balaban J connectivity index is 1.68. The molecule has 2 bridgehead atoms. The normalized spacial score (nSPS) is 38.3. The first-order valence-electron chi connectivity index (χ1n) is 7.32. The Morgan fingerprint density at radius 1 is 1.00 bits per heavy atom. The van der Waals surface area contributed by atoms with Crippen LogP contribution in [0.1, 0.15) is 6.42 Å². The van der Waals surface area contributed by atoms with Crippen LogP contribution in [0.2, 0.25) is 0 Å². The van der Waals surface area contributed by atoms with Crippen molar-refractivity contribution in [1.29, 1.82) is 0 Å². The Bertz CT molecular complexity index is 691. The number of nitro groups is 1. The van der Waals surface area contributed by atoms with Crippen LogP contribution in [0, 0.1) is 33.8 Å². The summed E-state index contributed by atoms with van der Waals surface area (Å²) in [6.45, 7) is 0. The van der Waals surface area contributed by atoms with Crippen molar-refractivity contribution in [3.8, 4) is 0 Å². The molecular weight excluding hydrogens is 432 g/mol. The topological polar surface area (TPSA) is 80.5 Å². The smallest absolute Gasteiger partial charge is 0.269 e. The molecule has 0 spiro atoms. The van der Waals surface area contributed by atoms with Crippen molar-refractivity contribution < 1.29 is 14.5 Å². The molecule has 3 aliphatic rings. The van der Waals surface area contributed by atoms with Crippen LogP contribution in [0.25, 0.3) is 0 Å². The van der Waals surface area contributed by atoms with E-state index < -0.39 is 4.92 Å². The van der Waals surface area contributed by atoms with E-state index in [0.29, 0.717) is 5.69 Å². The quantitative estimate of drug-likeness (QED) is 0.304. The Morgan fingerprint density at radius 3 is 1.91 bits per heavy atom. The number of halogens is 2. The van der Waals surface area contributed by atoms with Crippen LogP contribution in [0.4, 0.5) is 11.4 Å². The number of hydrogen-bond donors (Lipinski definition) is 0. The van der Waals surface area contributed by atoms with E-state index in [1.807, 2.05) is 0 Å². The number of carbonyl (C=O) groups is 2. The van der Waals surface area contributed by atoms with Crippen LogP contribution in [-0.2, 0) is 9.59 Å². The van der Waals surface area contributed by atoms with Crippen molar-refractivity contribution >= 4 is 55.0 Å². The van der Waals surface area contributed by atoms with Crippen LogP contribution in [-0.4, -0.2) is 26.4 Å². The highest BCUT2D eigenvalue weighted by molar-refractivity contribution is 9.12. The second-order valence-corrected chi connectivity index (χ2v) is 8.40. The standard InChI is InChI=1S/C15H12Br2N2O4/c16-12-8-5-9(13(12)17)11-10(8)14(20)18(15(11)21)6-1-3-7(4-2-6)19(22)23/h1-4,8-13H,5H2/t8-,9-,10-,11-,12+,13+/m1/s1. The molecular formula is C15H12Br2N2O4. The summed E-state index contributed by atoms with van der Waals surface area (Å²) >= 11 is 7.28. The van der Waals surface area contributed by atoms with Crippen LogP contribution in [0.15, 0.2) is 24.3 Å². The summed E-state index contributed by atoms with van der Waals surface area (Å²) in [5.41, 5.74) is 0.353. The van der Waals surface area contributed by atoms with Crippen LogP contribution >= 0.6 is 31.9 Å². The maximum Gasteiger partial charge on any atom is 0.269 e. The minimum absolute atomic E-state index is 0.0610. The monoisotopic (exact) mass is 442 g/mol. The lowest BCUT2D eigenvalue weighted by atomic mass is 9.81. The molecule has 1 aromatic carbocycles. The second kappa shape index (κ2) is 5.11. The van der Waals surface area contributed by atoms with Gasteiger partial charge in [0.05, 0.1) is 22.4 Å². The molecule has 0 aromatic heterocycles. The number of fused-ring (bicyclic) bond motifs is 5. The minimum atomic E-state index is -0.503. The van der Waals surface area contributed by atoms with E-state index in [1.165, 1.54) is 29.2 Å². The highest BCUT2D eigenvalue weighted by atomic mass is 79.9. The van der Waals surface area contributed by atoms with Gasteiger partial charge in [-0.1, -0.05) is 31.9 Å². The van der Waals surface area contributed by atoms with Gasteiger partial charge in [-0.3, -0.25) is 24.6 Å². The number of anilines is 1. The predicted octanol–water partition coefficient (Wildman–Crippen LogP) is 2.88. The van der Waals surface area contributed by atoms with Crippen molar-refractivity contribution in [2.45, 2.75) is 16.1 Å². The van der Waals surface area contributed by atoms with Crippen LogP contribution < -0.4 is 4.90 Å². The molecule has 0 radical (unpaired) electrons. The Labute approximate surface area is 148 Å². The van der Waals surface area contributed by atoms with E-state index in [2.05, 4.69) is 31.9 Å². The third-order valence-electron chi connectivity index (χ3n) is 5.31. The molecule has 1 saturated heterocycles. The molecule has 1 heterocycles. The van der Waals surface area contributed by atoms with Crippen molar-refractivity contribution in [3.05, 3.63) is 34.4 Å². The number of nitro benzene ring substituents is 1. The SMILES string of the molecule is O=C1[C@@H]2[C@H]3C[C@@H]([C@H](Br)[C@H]3Br)[C@H]2C(=O)N1c1ccc([N+](=O)[O-])cc1. The molecule has 0 unspecified atom stereocenters. The summed E-state index contributed by atoms with van der Waals surface area (Å²) in [6.07, 6.45) is 0.882. The summed E-state index contributed by atoms with van der Waals surface area (Å²) < 4.78 is 0. The number of benzene rings is 1. The number of carbonyl (C=O) groups excluding carboxylic acids is 2. The molecule has 6 atom stereocenters. The predicted molar refractivity (Wildman–Crippen MR) is 89.6 cm³/mol. The molecule has 1 aromatic rings. The molecule has 2 amide bonds. The molecule has 2 saturated carbocycles. The van der Waals surface area contributed by atoms with Gasteiger partial charge in [0, 0.05) is 21.8 Å². The fraction of sp³-hybridized carbons (Fsp3) is 0.467. The fourth-order valence-corrected chi connectivity index (χ4v) is 6.20. The lowest BCUT2D eigenvalue weighted by Crippen LogP contribution is -2.37. The Kier molecular flexibility index (Phi) is 3.39. The summed E-state index contributed by atoms with van der Waals surface area (Å²) in [5, 5.41) is 10.7. The van der Waals surface area contributed by atoms with Gasteiger partial charge in [-0.25, -0.2) is 0 Å². The fourth-order valence-electron chi connectivity index (χ4n) is 4.33. The Morgan fingerprint density at radius 2 is 1.48 bits per heavy atom. The zero-order valence-electron chi connectivity index (χ0n) is 11.8. The lowest BCUT2D eigenvalue weighted by Gasteiger charge is -2.28. The number of nitrogens with zero attached hydrogens (tertiary/aromatic N) is 2. The zero-order chi connectivity index (χ0) is 16.5. The zero-order valence-corrected chi connectivity index (χ0v) is 14.9. The average Bonchev–Trinajstić information content (AvgIpc) is 3.12. The van der Waals surface area contributed by atoms with Gasteiger partial charge in [-0.15, -0.1) is 0 Å². The third-order valence-corrected chi connectivity index (χ3v) is 8.51. The molecule has 6 nitrogen and oxygen atoms in total. The summed E-state index contributed by atoms with van der Waals surface area (Å²) in [4.78, 5) is 37.4. The first-order chi connectivity index (χ1) is 10.9. The first kappa shape index (κ1) is 15.3. The highest BCUT2D eigenvalue weighted by Crippen LogP contribution is 2.60. The lowest BCUT2D eigenvalue weighted by molar-refractivity contribution is -0.384. The van der Waals surface area contributed by atoms with Crippen molar-refractivity contribution in [2.75, 3.05) is 4.90 Å². The molecule has 4 rings (SSSR count). The number of alkyl halides is 2. The molecule has 23 heavy (non-hydrogen) atoms. The first-order valence-corrected chi connectivity index (χ1v) is 9.15. The van der Waals surface area contributed by atoms with Gasteiger partial charge in [0.25, 0.3) is 5.69 Å². The van der Waals surface area contributed by atoms with Crippen LogP contribution in [0.5, 0.6) is 0 Å². The summed E-state index contributed by atoms with van der Waals surface area (Å²) in [7, 11) is 0. The minimum Gasteiger partial charge on any atom is -0.274 e. The van der Waals surface area contributed by atoms with Gasteiger partial charge in [0.2, 0.25) is 11.8 Å². The van der Waals surface area contributed by atoms with E-state index in [9.17, 15) is 19.7 Å². The van der Waals surface area contributed by atoms with Gasteiger partial charge in [-0.2, -0.15) is 0 Å². The summed E-state index contributed by atoms with van der Waals surface area (Å²) in [6, 6.07) is 5.57. The number of imide groups is 1. The Hall–Kier alpha value is -1.28. The van der Waals surface area contributed by atoms with Crippen molar-refractivity contribution in [3.63, 3.8) is 0 Å². The van der Waals surface area contributed by atoms with Crippen molar-refractivity contribution in [1.82, 2.24) is 0 Å². The average molecular weight is 444 g/mol.